The molecule has 0 unspecified atom stereocenters. The lowest BCUT2D eigenvalue weighted by molar-refractivity contribution is 1.54. The van der Waals surface area contributed by atoms with Gasteiger partial charge in [-0.25, -0.2) is 0 Å². The van der Waals surface area contributed by atoms with Gasteiger partial charge in [0.05, 0.1) is 0 Å². The zero-order valence-electron chi connectivity index (χ0n) is 10.4. The second-order valence-electron chi connectivity index (χ2n) is 4.90. The SMILES string of the molecule is Cl[Si]1(Cl)CC(c2ccccc2)=C(c2ccccc2)C1. The molecule has 2 aromatic rings. The Bertz CT molecular complexity index is 550. The summed E-state index contributed by atoms with van der Waals surface area (Å²) in [6.07, 6.45) is 0. The Morgan fingerprint density at radius 3 is 1.37 bits per heavy atom. The third kappa shape index (κ3) is 2.79. The first kappa shape index (κ1) is 13.0. The summed E-state index contributed by atoms with van der Waals surface area (Å²) in [6.45, 7) is -2.16. The molecule has 0 radical (unpaired) electrons. The number of hydrogen-bond acceptors (Lipinski definition) is 0. The van der Waals surface area contributed by atoms with Crippen molar-refractivity contribution >= 4 is 40.0 Å². The summed E-state index contributed by atoms with van der Waals surface area (Å²) >= 11 is 13.0. The van der Waals surface area contributed by atoms with Crippen molar-refractivity contribution < 1.29 is 0 Å². The number of halogens is 2. The monoisotopic (exact) mass is 304 g/mol. The van der Waals surface area contributed by atoms with Crippen LogP contribution in [0.15, 0.2) is 60.7 Å². The van der Waals surface area contributed by atoms with Gasteiger partial charge in [0.15, 0.2) is 0 Å². The molecule has 0 bridgehead atoms. The Morgan fingerprint density at radius 1 is 0.632 bits per heavy atom. The van der Waals surface area contributed by atoms with Gasteiger partial charge in [0.1, 0.15) is 0 Å². The summed E-state index contributed by atoms with van der Waals surface area (Å²) < 4.78 is 0. The van der Waals surface area contributed by atoms with E-state index in [1.54, 1.807) is 0 Å². The predicted octanol–water partition coefficient (Wildman–Crippen LogP) is 5.53. The fraction of sp³-hybridized carbons (Fsp3) is 0.125. The van der Waals surface area contributed by atoms with Gasteiger partial charge in [-0.05, 0) is 34.4 Å². The van der Waals surface area contributed by atoms with Crippen molar-refractivity contribution in [3.63, 3.8) is 0 Å². The summed E-state index contributed by atoms with van der Waals surface area (Å²) in [5.74, 6) is 0. The molecule has 0 saturated heterocycles. The minimum Gasteiger partial charge on any atom is -0.145 e. The maximum Gasteiger partial charge on any atom is 0.259 e. The molecule has 1 aliphatic heterocycles. The average molecular weight is 305 g/mol. The van der Waals surface area contributed by atoms with E-state index in [1.807, 2.05) is 12.1 Å². The third-order valence-electron chi connectivity index (χ3n) is 3.48. The van der Waals surface area contributed by atoms with Crippen molar-refractivity contribution in [1.82, 2.24) is 0 Å². The first-order valence-electron chi connectivity index (χ1n) is 6.36. The second kappa shape index (κ2) is 5.16. The van der Waals surface area contributed by atoms with Crippen molar-refractivity contribution in [3.8, 4) is 0 Å². The molecule has 0 saturated carbocycles. The average Bonchev–Trinajstić information content (AvgIpc) is 2.77. The second-order valence-corrected chi connectivity index (χ2v) is 12.2. The van der Waals surface area contributed by atoms with Crippen LogP contribution in [0.3, 0.4) is 0 Å². The van der Waals surface area contributed by atoms with Crippen molar-refractivity contribution in [2.24, 2.45) is 0 Å². The van der Waals surface area contributed by atoms with Gasteiger partial charge >= 0.3 is 0 Å². The molecule has 3 rings (SSSR count). The molecule has 1 heterocycles. The predicted molar refractivity (Wildman–Crippen MR) is 86.8 cm³/mol. The first-order valence-corrected chi connectivity index (χ1v) is 10.8. The van der Waals surface area contributed by atoms with Gasteiger partial charge in [0, 0.05) is 0 Å². The fourth-order valence-corrected chi connectivity index (χ4v) is 6.22. The van der Waals surface area contributed by atoms with Crippen LogP contribution >= 0.6 is 22.2 Å². The van der Waals surface area contributed by atoms with E-state index in [1.165, 1.54) is 22.3 Å². The van der Waals surface area contributed by atoms with E-state index in [2.05, 4.69) is 48.5 Å². The molecule has 0 nitrogen and oxygen atoms in total. The van der Waals surface area contributed by atoms with Crippen LogP contribution in [0.2, 0.25) is 12.1 Å². The molecule has 96 valence electrons. The number of allylic oxidation sites excluding steroid dienone is 2. The maximum absolute atomic E-state index is 6.52. The fourth-order valence-electron chi connectivity index (χ4n) is 2.62. The van der Waals surface area contributed by atoms with E-state index in [9.17, 15) is 0 Å². The molecule has 0 aromatic heterocycles. The summed E-state index contributed by atoms with van der Waals surface area (Å²) in [4.78, 5) is 0. The van der Waals surface area contributed by atoms with Gasteiger partial charge in [-0.15, -0.1) is 22.2 Å². The molecular weight excluding hydrogens is 291 g/mol. The molecule has 0 fully saturated rings. The van der Waals surface area contributed by atoms with Gasteiger partial charge in [-0.2, -0.15) is 0 Å². The van der Waals surface area contributed by atoms with E-state index in [0.717, 1.165) is 12.1 Å². The molecule has 2 aromatic carbocycles. The van der Waals surface area contributed by atoms with Crippen LogP contribution in [0, 0.1) is 0 Å². The summed E-state index contributed by atoms with van der Waals surface area (Å²) in [6, 6.07) is 22.6. The van der Waals surface area contributed by atoms with Crippen molar-refractivity contribution in [2.75, 3.05) is 0 Å². The molecule has 3 heteroatoms. The summed E-state index contributed by atoms with van der Waals surface area (Å²) in [7, 11) is 0. The van der Waals surface area contributed by atoms with Crippen molar-refractivity contribution in [1.29, 1.82) is 0 Å². The Kier molecular flexibility index (Phi) is 3.53. The quantitative estimate of drug-likeness (QED) is 0.505. The maximum atomic E-state index is 6.52. The first-order chi connectivity index (χ1) is 9.16. The van der Waals surface area contributed by atoms with Gasteiger partial charge in [-0.1, -0.05) is 60.7 Å². The lowest BCUT2D eigenvalue weighted by Gasteiger charge is -2.07. The Labute approximate surface area is 124 Å². The van der Waals surface area contributed by atoms with Crippen LogP contribution in [0.1, 0.15) is 11.1 Å². The molecule has 0 spiro atoms. The van der Waals surface area contributed by atoms with E-state index < -0.39 is 6.69 Å². The van der Waals surface area contributed by atoms with Crippen LogP contribution in [0.5, 0.6) is 0 Å². The minimum absolute atomic E-state index is 0.838. The molecule has 19 heavy (non-hydrogen) atoms. The minimum atomic E-state index is -2.16. The Morgan fingerprint density at radius 2 is 1.00 bits per heavy atom. The molecule has 0 aliphatic carbocycles. The molecule has 1 aliphatic rings. The lowest BCUT2D eigenvalue weighted by Crippen LogP contribution is -2.12. The van der Waals surface area contributed by atoms with Crippen molar-refractivity contribution in [3.05, 3.63) is 71.8 Å². The Balaban J connectivity index is 2.11. The van der Waals surface area contributed by atoms with E-state index >= 15 is 0 Å². The number of rotatable bonds is 2. The summed E-state index contributed by atoms with van der Waals surface area (Å²) in [5, 5.41) is 0. The largest absolute Gasteiger partial charge is 0.259 e. The molecular formula is C16H14Cl2Si. The lowest BCUT2D eigenvalue weighted by atomic mass is 9.97. The van der Waals surface area contributed by atoms with Crippen molar-refractivity contribution in [2.45, 2.75) is 12.1 Å². The standard InChI is InChI=1S/C16H14Cl2Si/c17-19(18)11-15(13-7-3-1-4-8-13)16(12-19)14-9-5-2-6-10-14/h1-10H,11-12H2. The molecule has 0 atom stereocenters. The van der Waals surface area contributed by atoms with Gasteiger partial charge < -0.3 is 0 Å². The topological polar surface area (TPSA) is 0 Å². The van der Waals surface area contributed by atoms with E-state index in [0.29, 0.717) is 0 Å². The smallest absolute Gasteiger partial charge is 0.145 e. The van der Waals surface area contributed by atoms with Crippen LogP contribution in [-0.4, -0.2) is 6.69 Å². The van der Waals surface area contributed by atoms with E-state index in [4.69, 9.17) is 22.2 Å². The van der Waals surface area contributed by atoms with E-state index in [-0.39, 0.29) is 0 Å². The highest BCUT2D eigenvalue weighted by Gasteiger charge is 2.39. The summed E-state index contributed by atoms with van der Waals surface area (Å²) in [5.41, 5.74) is 5.14. The number of hydrogen-bond donors (Lipinski definition) is 0. The highest BCUT2D eigenvalue weighted by Crippen LogP contribution is 2.49. The number of benzene rings is 2. The third-order valence-corrected chi connectivity index (χ3v) is 6.82. The van der Waals surface area contributed by atoms with Crippen LogP contribution in [-0.2, 0) is 0 Å². The van der Waals surface area contributed by atoms with Crippen LogP contribution in [0.25, 0.3) is 11.1 Å². The molecule has 0 amide bonds. The van der Waals surface area contributed by atoms with Gasteiger partial charge in [-0.3, -0.25) is 0 Å². The highest BCUT2D eigenvalue weighted by atomic mass is 35.7. The van der Waals surface area contributed by atoms with Gasteiger partial charge in [0.25, 0.3) is 6.69 Å². The van der Waals surface area contributed by atoms with Crippen LogP contribution in [0.4, 0.5) is 0 Å². The van der Waals surface area contributed by atoms with Gasteiger partial charge in [0.2, 0.25) is 0 Å². The Hall–Kier alpha value is -1.02. The normalized spacial score (nSPS) is 17.8. The highest BCUT2D eigenvalue weighted by molar-refractivity contribution is 7.46. The molecule has 0 N–H and O–H groups in total. The zero-order chi connectivity index (χ0) is 13.3. The zero-order valence-corrected chi connectivity index (χ0v) is 13.0. The van der Waals surface area contributed by atoms with Crippen LogP contribution < -0.4 is 0 Å².